The van der Waals surface area contributed by atoms with Crippen molar-refractivity contribution in [3.8, 4) is 0 Å². The highest BCUT2D eigenvalue weighted by Crippen LogP contribution is 2.29. The number of carbonyl (C=O) groups excluding carboxylic acids is 1. The van der Waals surface area contributed by atoms with E-state index in [1.54, 1.807) is 0 Å². The van der Waals surface area contributed by atoms with Gasteiger partial charge >= 0.3 is 0 Å². The van der Waals surface area contributed by atoms with Crippen molar-refractivity contribution in [1.82, 2.24) is 5.32 Å². The molecule has 1 fully saturated rings. The van der Waals surface area contributed by atoms with E-state index in [1.165, 1.54) is 0 Å². The fraction of sp³-hybridized carbons (Fsp3) is 0.345. The van der Waals surface area contributed by atoms with Crippen LogP contribution in [-0.2, 0) is 43.6 Å². The van der Waals surface area contributed by atoms with Crippen molar-refractivity contribution in [2.75, 3.05) is 0 Å². The Hall–Kier alpha value is -3.03. The first kappa shape index (κ1) is 21.3. The standard InChI is InChI=1S/C29H33NO5/c1-21-26(32-18-23-12-6-3-7-13-23)27(33-19-24-14-8-4-9-15-24)28(29(35-21)30-22(2)31)34-20-25-16-10-5-11-17-25/h3-17,21,26-29H,18-20H2,1-2H3,(H,30,31)/t21-,26-,27+,28+,29+/m0/s1/i2D3. The van der Waals surface area contributed by atoms with Gasteiger partial charge in [0.1, 0.15) is 18.3 Å². The predicted octanol–water partition coefficient (Wildman–Crippen LogP) is 4.62. The number of amides is 1. The third-order valence-corrected chi connectivity index (χ3v) is 5.90. The minimum atomic E-state index is -2.84. The molecular formula is C29H33NO5. The second kappa shape index (κ2) is 12.6. The summed E-state index contributed by atoms with van der Waals surface area (Å²) in [6, 6.07) is 29.0. The van der Waals surface area contributed by atoms with Crippen molar-refractivity contribution in [2.45, 2.75) is 64.2 Å². The fourth-order valence-electron chi connectivity index (χ4n) is 4.16. The third kappa shape index (κ3) is 7.23. The zero-order valence-electron chi connectivity index (χ0n) is 22.7. The number of rotatable bonds is 10. The summed E-state index contributed by atoms with van der Waals surface area (Å²) in [5, 5.41) is 2.51. The van der Waals surface area contributed by atoms with Crippen LogP contribution < -0.4 is 5.32 Å². The minimum absolute atomic E-state index is 0.208. The maximum absolute atomic E-state index is 12.5. The summed E-state index contributed by atoms with van der Waals surface area (Å²) < 4.78 is 47.7. The number of nitrogens with one attached hydrogen (secondary N) is 1. The average molecular weight is 479 g/mol. The summed E-state index contributed by atoms with van der Waals surface area (Å²) in [6.07, 6.45) is -3.66. The molecule has 1 saturated heterocycles. The number of hydrogen-bond donors (Lipinski definition) is 1. The lowest BCUT2D eigenvalue weighted by Gasteiger charge is -2.45. The summed E-state index contributed by atoms with van der Waals surface area (Å²) in [4.78, 5) is 12.5. The molecule has 0 spiro atoms. The second-order valence-corrected chi connectivity index (χ2v) is 8.52. The molecule has 5 atom stereocenters. The van der Waals surface area contributed by atoms with Crippen molar-refractivity contribution in [2.24, 2.45) is 0 Å². The van der Waals surface area contributed by atoms with E-state index >= 15 is 0 Å². The molecule has 0 radical (unpaired) electrons. The number of benzene rings is 3. The lowest BCUT2D eigenvalue weighted by Crippen LogP contribution is -2.63. The highest BCUT2D eigenvalue weighted by molar-refractivity contribution is 5.73. The van der Waals surface area contributed by atoms with Crippen LogP contribution in [0, 0.1) is 0 Å². The van der Waals surface area contributed by atoms with E-state index in [2.05, 4.69) is 5.32 Å². The van der Waals surface area contributed by atoms with E-state index in [9.17, 15) is 4.79 Å². The van der Waals surface area contributed by atoms with Gasteiger partial charge in [-0.05, 0) is 23.6 Å². The molecule has 3 aromatic rings. The lowest BCUT2D eigenvalue weighted by molar-refractivity contribution is -0.266. The van der Waals surface area contributed by atoms with Gasteiger partial charge in [-0.2, -0.15) is 0 Å². The maximum atomic E-state index is 12.5. The van der Waals surface area contributed by atoms with Crippen molar-refractivity contribution < 1.29 is 27.9 Å². The van der Waals surface area contributed by atoms with Crippen LogP contribution in [0.5, 0.6) is 0 Å². The Morgan fingerprint density at radius 1 is 0.743 bits per heavy atom. The summed E-state index contributed by atoms with van der Waals surface area (Å²) in [5.74, 6) is -1.12. The van der Waals surface area contributed by atoms with Crippen molar-refractivity contribution >= 4 is 5.91 Å². The van der Waals surface area contributed by atoms with E-state index in [0.29, 0.717) is 6.61 Å². The van der Waals surface area contributed by atoms with Gasteiger partial charge in [-0.25, -0.2) is 0 Å². The number of hydrogen-bond acceptors (Lipinski definition) is 5. The zero-order chi connectivity index (χ0) is 27.0. The molecule has 184 valence electrons. The van der Waals surface area contributed by atoms with Gasteiger partial charge in [0.15, 0.2) is 6.23 Å². The molecule has 1 aliphatic heterocycles. The molecule has 0 unspecified atom stereocenters. The molecule has 0 aromatic heterocycles. The van der Waals surface area contributed by atoms with Gasteiger partial charge in [0.05, 0.1) is 25.9 Å². The van der Waals surface area contributed by atoms with Crippen molar-refractivity contribution in [3.05, 3.63) is 108 Å². The monoisotopic (exact) mass is 478 g/mol. The van der Waals surface area contributed by atoms with Crippen LogP contribution in [0.2, 0.25) is 0 Å². The normalized spacial score (nSPS) is 25.7. The maximum Gasteiger partial charge on any atom is 0.218 e. The number of ether oxygens (including phenoxy) is 4. The van der Waals surface area contributed by atoms with E-state index in [0.717, 1.165) is 16.7 Å². The van der Waals surface area contributed by atoms with Crippen LogP contribution in [0.1, 0.15) is 34.6 Å². The molecule has 3 aromatic carbocycles. The van der Waals surface area contributed by atoms with Gasteiger partial charge in [0, 0.05) is 11.0 Å². The Morgan fingerprint density at radius 2 is 1.17 bits per heavy atom. The summed E-state index contributed by atoms with van der Waals surface area (Å²) in [7, 11) is 0. The molecular weight excluding hydrogens is 442 g/mol. The van der Waals surface area contributed by atoms with Crippen LogP contribution in [0.3, 0.4) is 0 Å². The molecule has 1 aliphatic rings. The molecule has 6 heteroatoms. The van der Waals surface area contributed by atoms with E-state index in [1.807, 2.05) is 97.9 Å². The molecule has 1 N–H and O–H groups in total. The van der Waals surface area contributed by atoms with Gasteiger partial charge < -0.3 is 24.3 Å². The topological polar surface area (TPSA) is 66.0 Å². The van der Waals surface area contributed by atoms with E-state index in [-0.39, 0.29) is 13.2 Å². The highest BCUT2D eigenvalue weighted by atomic mass is 16.6. The quantitative estimate of drug-likeness (QED) is 0.461. The van der Waals surface area contributed by atoms with Crippen LogP contribution in [0.15, 0.2) is 91.0 Å². The average Bonchev–Trinajstić information content (AvgIpc) is 2.92. The van der Waals surface area contributed by atoms with Gasteiger partial charge in [-0.3, -0.25) is 4.79 Å². The van der Waals surface area contributed by atoms with E-state index in [4.69, 9.17) is 23.1 Å². The third-order valence-electron chi connectivity index (χ3n) is 5.90. The first-order valence-corrected chi connectivity index (χ1v) is 11.7. The molecule has 4 rings (SSSR count). The van der Waals surface area contributed by atoms with Crippen LogP contribution in [0.25, 0.3) is 0 Å². The lowest BCUT2D eigenvalue weighted by atomic mass is 9.97. The smallest absolute Gasteiger partial charge is 0.218 e. The van der Waals surface area contributed by atoms with Gasteiger partial charge in [0.2, 0.25) is 5.91 Å². The summed E-state index contributed by atoms with van der Waals surface area (Å²) >= 11 is 0. The number of carbonyl (C=O) groups is 1. The van der Waals surface area contributed by atoms with Crippen molar-refractivity contribution in [3.63, 3.8) is 0 Å². The molecule has 6 nitrogen and oxygen atoms in total. The first-order valence-electron chi connectivity index (χ1n) is 13.2. The Morgan fingerprint density at radius 3 is 1.63 bits per heavy atom. The molecule has 1 amide bonds. The first-order chi connectivity index (χ1) is 18.3. The van der Waals surface area contributed by atoms with Crippen molar-refractivity contribution in [1.29, 1.82) is 0 Å². The Kier molecular flexibility index (Phi) is 7.66. The van der Waals surface area contributed by atoms with Crippen LogP contribution in [-0.4, -0.2) is 36.6 Å². The fourth-order valence-corrected chi connectivity index (χ4v) is 4.16. The second-order valence-electron chi connectivity index (χ2n) is 8.52. The zero-order valence-corrected chi connectivity index (χ0v) is 19.7. The van der Waals surface area contributed by atoms with Gasteiger partial charge in [-0.15, -0.1) is 0 Å². The van der Waals surface area contributed by atoms with Crippen LogP contribution in [0.4, 0.5) is 0 Å². The predicted molar refractivity (Wildman–Crippen MR) is 133 cm³/mol. The SMILES string of the molecule is [2H]C([2H])([2H])C(=O)N[C@@H]1O[C@@H](C)[C@H](OCc2ccccc2)[C@@H](OCc2ccccc2)[C@H]1OCc1ccccc1. The minimum Gasteiger partial charge on any atom is -0.368 e. The Bertz CT molecular complexity index is 1130. The Labute approximate surface area is 211 Å². The molecule has 0 bridgehead atoms. The van der Waals surface area contributed by atoms with Gasteiger partial charge in [-0.1, -0.05) is 91.0 Å². The largest absolute Gasteiger partial charge is 0.368 e. The summed E-state index contributed by atoms with van der Waals surface area (Å²) in [5.41, 5.74) is 2.86. The van der Waals surface area contributed by atoms with E-state index < -0.39 is 43.4 Å². The highest BCUT2D eigenvalue weighted by Gasteiger charge is 2.47. The summed E-state index contributed by atoms with van der Waals surface area (Å²) in [6.45, 7) is -0.218. The Balaban J connectivity index is 1.61. The molecule has 35 heavy (non-hydrogen) atoms. The van der Waals surface area contributed by atoms with Gasteiger partial charge in [0.25, 0.3) is 0 Å². The molecule has 1 heterocycles. The van der Waals surface area contributed by atoms with Crippen LogP contribution >= 0.6 is 0 Å². The molecule has 0 aliphatic carbocycles. The molecule has 0 saturated carbocycles.